The largest absolute Gasteiger partial charge is 0.457 e. The molecular weight excluding hydrogens is 637 g/mol. The Labute approximate surface area is 302 Å². The predicted molar refractivity (Wildman–Crippen MR) is 205 cm³/mol. The van der Waals surface area contributed by atoms with Crippen molar-refractivity contribution in [1.29, 1.82) is 5.26 Å². The van der Waals surface area contributed by atoms with Crippen molar-refractivity contribution in [1.82, 2.24) is 15.0 Å². The quantitative estimate of drug-likeness (QED) is 0.177. The van der Waals surface area contributed by atoms with Crippen molar-refractivity contribution in [2.75, 3.05) is 0 Å². The van der Waals surface area contributed by atoms with Gasteiger partial charge in [-0.25, -0.2) is 15.0 Å². The number of ether oxygens (including phenoxy) is 1. The Morgan fingerprint density at radius 3 is 1.56 bits per heavy atom. The Hall–Kier alpha value is -7.16. The van der Waals surface area contributed by atoms with Gasteiger partial charge < -0.3 is 4.74 Å². The molecule has 5 nitrogen and oxygen atoms in total. The second kappa shape index (κ2) is 12.9. The fraction of sp³-hybridized carbons (Fsp3) is 0.0213. The van der Waals surface area contributed by atoms with E-state index in [4.69, 9.17) is 19.7 Å². The molecule has 8 aromatic rings. The first-order chi connectivity index (χ1) is 25.7. The Bertz CT molecular complexity index is 2560. The highest BCUT2D eigenvalue weighted by Crippen LogP contribution is 2.55. The lowest BCUT2D eigenvalue weighted by molar-refractivity contribution is 0.434. The van der Waals surface area contributed by atoms with Crippen molar-refractivity contribution < 1.29 is 4.74 Å². The van der Waals surface area contributed by atoms with Gasteiger partial charge in [0.15, 0.2) is 17.5 Å². The highest BCUT2D eigenvalue weighted by atomic mass is 16.5. The molecule has 244 valence electrons. The number of hydrogen-bond acceptors (Lipinski definition) is 5. The minimum absolute atomic E-state index is 0.555. The number of rotatable bonds is 6. The van der Waals surface area contributed by atoms with Crippen LogP contribution in [0.15, 0.2) is 182 Å². The van der Waals surface area contributed by atoms with Crippen molar-refractivity contribution >= 4 is 0 Å². The zero-order valence-corrected chi connectivity index (χ0v) is 28.0. The molecule has 1 aliphatic heterocycles. The van der Waals surface area contributed by atoms with Crippen LogP contribution in [0.1, 0.15) is 27.8 Å². The molecule has 0 aliphatic carbocycles. The Morgan fingerprint density at radius 2 is 0.904 bits per heavy atom. The lowest BCUT2D eigenvalue weighted by Crippen LogP contribution is -2.34. The highest BCUT2D eigenvalue weighted by Gasteiger charge is 2.45. The van der Waals surface area contributed by atoms with Crippen molar-refractivity contribution in [3.63, 3.8) is 0 Å². The molecule has 1 aliphatic rings. The van der Waals surface area contributed by atoms with E-state index in [1.807, 2.05) is 103 Å². The molecule has 0 saturated heterocycles. The molecule has 1 aromatic heterocycles. The zero-order chi connectivity index (χ0) is 34.9. The number of nitrogens with zero attached hydrogens (tertiary/aromatic N) is 4. The second-order valence-electron chi connectivity index (χ2n) is 12.7. The lowest BCUT2D eigenvalue weighted by Gasteiger charge is -2.41. The van der Waals surface area contributed by atoms with Crippen molar-refractivity contribution in [3.8, 4) is 62.9 Å². The number of para-hydroxylation sites is 1. The number of aromatic nitrogens is 3. The van der Waals surface area contributed by atoms with Crippen molar-refractivity contribution in [2.45, 2.75) is 5.41 Å². The van der Waals surface area contributed by atoms with Gasteiger partial charge in [-0.15, -0.1) is 0 Å². The summed E-state index contributed by atoms with van der Waals surface area (Å²) in [4.78, 5) is 15.2. The summed E-state index contributed by atoms with van der Waals surface area (Å²) in [5.41, 5.74) is 8.72. The van der Waals surface area contributed by atoms with Crippen LogP contribution in [0.2, 0.25) is 0 Å². The molecule has 0 unspecified atom stereocenters. The van der Waals surface area contributed by atoms with Crippen molar-refractivity contribution in [2.24, 2.45) is 0 Å². The van der Waals surface area contributed by atoms with Crippen LogP contribution in [0.4, 0.5) is 0 Å². The SMILES string of the molecule is N#Cc1ccccc1-c1ccc(-c2nc(-c3ccccc3)nc(-c3ccc4c(c3)C(c3ccccc3)(c3ccccc3)c3ccccc3O4)n2)cc1. The van der Waals surface area contributed by atoms with Crippen LogP contribution in [-0.2, 0) is 5.41 Å². The summed E-state index contributed by atoms with van der Waals surface area (Å²) in [6.07, 6.45) is 0. The molecule has 9 rings (SSSR count). The van der Waals surface area contributed by atoms with Crippen LogP contribution in [0, 0.1) is 11.3 Å². The van der Waals surface area contributed by atoms with Crippen LogP contribution >= 0.6 is 0 Å². The van der Waals surface area contributed by atoms with Crippen LogP contribution in [-0.4, -0.2) is 15.0 Å². The van der Waals surface area contributed by atoms with Gasteiger partial charge in [0.05, 0.1) is 17.0 Å². The van der Waals surface area contributed by atoms with Crippen LogP contribution in [0.3, 0.4) is 0 Å². The maximum Gasteiger partial charge on any atom is 0.164 e. The second-order valence-corrected chi connectivity index (χ2v) is 12.7. The van der Waals surface area contributed by atoms with E-state index in [1.165, 1.54) is 0 Å². The molecule has 2 heterocycles. The zero-order valence-electron chi connectivity index (χ0n) is 28.0. The van der Waals surface area contributed by atoms with Gasteiger partial charge >= 0.3 is 0 Å². The van der Waals surface area contributed by atoms with Gasteiger partial charge in [0.25, 0.3) is 0 Å². The summed E-state index contributed by atoms with van der Waals surface area (Å²) in [6, 6.07) is 63.7. The summed E-state index contributed by atoms with van der Waals surface area (Å²) in [7, 11) is 0. The van der Waals surface area contributed by atoms with Crippen LogP contribution < -0.4 is 4.74 Å². The molecular formula is C47H30N4O. The Balaban J connectivity index is 1.24. The average molecular weight is 667 g/mol. The fourth-order valence-corrected chi connectivity index (χ4v) is 7.33. The summed E-state index contributed by atoms with van der Waals surface area (Å²) in [5.74, 6) is 3.29. The van der Waals surface area contributed by atoms with Crippen LogP contribution in [0.25, 0.3) is 45.3 Å². The number of benzene rings is 7. The van der Waals surface area contributed by atoms with Gasteiger partial charge in [-0.2, -0.15) is 5.26 Å². The number of hydrogen-bond donors (Lipinski definition) is 0. The van der Waals surface area contributed by atoms with Gasteiger partial charge in [-0.1, -0.05) is 152 Å². The van der Waals surface area contributed by atoms with Crippen LogP contribution in [0.5, 0.6) is 11.5 Å². The molecule has 52 heavy (non-hydrogen) atoms. The van der Waals surface area contributed by atoms with E-state index in [2.05, 4.69) is 84.9 Å². The van der Waals surface area contributed by atoms with Gasteiger partial charge in [0.2, 0.25) is 0 Å². The first-order valence-corrected chi connectivity index (χ1v) is 17.2. The molecule has 0 atom stereocenters. The molecule has 0 saturated carbocycles. The minimum Gasteiger partial charge on any atom is -0.457 e. The Morgan fingerprint density at radius 1 is 0.423 bits per heavy atom. The number of fused-ring (bicyclic) bond motifs is 2. The monoisotopic (exact) mass is 666 g/mol. The summed E-state index contributed by atoms with van der Waals surface area (Å²) in [5, 5.41) is 9.69. The molecule has 0 spiro atoms. The average Bonchev–Trinajstić information content (AvgIpc) is 3.23. The maximum atomic E-state index is 9.69. The van der Waals surface area contributed by atoms with Gasteiger partial charge in [0, 0.05) is 27.8 Å². The maximum absolute atomic E-state index is 9.69. The molecule has 0 amide bonds. The first kappa shape index (κ1) is 30.9. The van der Waals surface area contributed by atoms with E-state index in [0.29, 0.717) is 23.0 Å². The van der Waals surface area contributed by atoms with E-state index in [9.17, 15) is 5.26 Å². The summed E-state index contributed by atoms with van der Waals surface area (Å²) in [6.45, 7) is 0. The smallest absolute Gasteiger partial charge is 0.164 e. The standard InChI is InChI=1S/C47H30N4O/c48-31-36-16-10-11-21-39(36)32-24-26-34(27-25-32)45-49-44(33-14-4-1-5-15-33)50-46(51-45)35-28-29-43-41(30-35)47(37-17-6-2-7-18-37,38-19-8-3-9-20-38)40-22-12-13-23-42(40)52-43/h1-30H. The highest BCUT2D eigenvalue weighted by molar-refractivity contribution is 5.76. The van der Waals surface area contributed by atoms with E-state index >= 15 is 0 Å². The lowest BCUT2D eigenvalue weighted by atomic mass is 9.63. The molecule has 0 fully saturated rings. The molecule has 0 N–H and O–H groups in total. The third kappa shape index (κ3) is 5.22. The third-order valence-electron chi connectivity index (χ3n) is 9.74. The van der Waals surface area contributed by atoms with Crippen molar-refractivity contribution in [3.05, 3.63) is 210 Å². The van der Waals surface area contributed by atoms with Gasteiger partial charge in [-0.05, 0) is 52.6 Å². The van der Waals surface area contributed by atoms with Gasteiger partial charge in [0.1, 0.15) is 11.5 Å². The normalized spacial score (nSPS) is 12.5. The van der Waals surface area contributed by atoms with Gasteiger partial charge in [-0.3, -0.25) is 0 Å². The predicted octanol–water partition coefficient (Wildman–Crippen LogP) is 10.9. The molecule has 7 aromatic carbocycles. The third-order valence-corrected chi connectivity index (χ3v) is 9.74. The first-order valence-electron chi connectivity index (χ1n) is 17.2. The summed E-state index contributed by atoms with van der Waals surface area (Å²) < 4.78 is 6.64. The van der Waals surface area contributed by atoms with E-state index < -0.39 is 5.41 Å². The molecule has 5 heteroatoms. The van der Waals surface area contributed by atoms with E-state index in [0.717, 1.165) is 61.6 Å². The minimum atomic E-state index is -0.670. The molecule has 0 bridgehead atoms. The topological polar surface area (TPSA) is 71.7 Å². The Kier molecular flexibility index (Phi) is 7.68. The molecule has 0 radical (unpaired) electrons. The fourth-order valence-electron chi connectivity index (χ4n) is 7.33. The van der Waals surface area contributed by atoms with E-state index in [-0.39, 0.29) is 0 Å². The summed E-state index contributed by atoms with van der Waals surface area (Å²) >= 11 is 0. The van der Waals surface area contributed by atoms with E-state index in [1.54, 1.807) is 0 Å². The number of nitriles is 1.